The van der Waals surface area contributed by atoms with Gasteiger partial charge in [-0.3, -0.25) is 0 Å². The summed E-state index contributed by atoms with van der Waals surface area (Å²) >= 11 is 0. The number of aromatic nitrogens is 2. The van der Waals surface area contributed by atoms with Crippen molar-refractivity contribution in [1.82, 2.24) is 10.1 Å². The fourth-order valence-electron chi connectivity index (χ4n) is 2.52. The molecule has 0 unspecified atom stereocenters. The molecule has 0 atom stereocenters. The third-order valence-electron chi connectivity index (χ3n) is 3.98. The van der Waals surface area contributed by atoms with E-state index in [1.807, 2.05) is 4.90 Å². The Bertz CT molecular complexity index is 894. The van der Waals surface area contributed by atoms with E-state index in [-0.39, 0.29) is 23.5 Å². The van der Waals surface area contributed by atoms with E-state index in [0.29, 0.717) is 11.8 Å². The van der Waals surface area contributed by atoms with E-state index in [1.54, 1.807) is 0 Å². The van der Waals surface area contributed by atoms with E-state index in [9.17, 15) is 26.0 Å². The Balaban J connectivity index is 0.000000330. The van der Waals surface area contributed by atoms with Crippen LogP contribution in [-0.4, -0.2) is 50.4 Å². The minimum absolute atomic E-state index is 0.0626. The van der Waals surface area contributed by atoms with Gasteiger partial charge in [0, 0.05) is 32.2 Å². The number of alkyl halides is 4. The van der Waals surface area contributed by atoms with Crippen LogP contribution in [0.5, 0.6) is 5.75 Å². The Morgan fingerprint density at radius 3 is 2.12 bits per heavy atom. The second-order valence-corrected chi connectivity index (χ2v) is 9.19. The van der Waals surface area contributed by atoms with Crippen molar-refractivity contribution in [2.75, 3.05) is 24.2 Å². The molecule has 2 rings (SSSR count). The SMILES string of the molecule is CCCN(CCC)c1nc(CCC(C)(F)F)no1.CS(=O)(=O)c1ccc(OC(F)F)cc1. The van der Waals surface area contributed by atoms with Crippen LogP contribution in [0.3, 0.4) is 0 Å². The standard InChI is InChI=1S/C12H21F2N3O.C8H8F2O3S/c1-4-8-17(9-5-2)11-15-10(16-18-11)6-7-12(3,13)14;1-14(11,12)7-4-2-6(3-5-7)13-8(9)10/h4-9H2,1-3H3;2-5,8H,1H3. The van der Waals surface area contributed by atoms with Crippen molar-refractivity contribution in [2.24, 2.45) is 0 Å². The van der Waals surface area contributed by atoms with Crippen molar-refractivity contribution in [3.8, 4) is 5.75 Å². The number of hydrogen-bond acceptors (Lipinski definition) is 7. The fourth-order valence-corrected chi connectivity index (χ4v) is 3.15. The number of ether oxygens (including phenoxy) is 1. The summed E-state index contributed by atoms with van der Waals surface area (Å²) < 4.78 is 80.0. The number of sulfone groups is 1. The molecule has 182 valence electrons. The van der Waals surface area contributed by atoms with E-state index < -0.39 is 22.4 Å². The number of halogens is 4. The van der Waals surface area contributed by atoms with Crippen LogP contribution in [0.1, 0.15) is 45.9 Å². The number of nitrogens with zero attached hydrogens (tertiary/aromatic N) is 3. The summed E-state index contributed by atoms with van der Waals surface area (Å²) in [6.07, 6.45) is 2.87. The fraction of sp³-hybridized carbons (Fsp3) is 0.600. The van der Waals surface area contributed by atoms with Gasteiger partial charge in [-0.15, -0.1) is 0 Å². The monoisotopic (exact) mass is 483 g/mol. The Kier molecular flexibility index (Phi) is 10.9. The molecule has 0 fully saturated rings. The average Bonchev–Trinajstić information content (AvgIpc) is 3.14. The Hall–Kier alpha value is -2.37. The van der Waals surface area contributed by atoms with Crippen molar-refractivity contribution >= 4 is 15.9 Å². The van der Waals surface area contributed by atoms with Crippen LogP contribution in [0.4, 0.5) is 23.6 Å². The van der Waals surface area contributed by atoms with Crippen LogP contribution < -0.4 is 9.64 Å². The smallest absolute Gasteiger partial charge is 0.387 e. The van der Waals surface area contributed by atoms with Crippen molar-refractivity contribution in [1.29, 1.82) is 0 Å². The third-order valence-corrected chi connectivity index (χ3v) is 5.11. The Labute approximate surface area is 185 Å². The highest BCUT2D eigenvalue weighted by molar-refractivity contribution is 7.90. The van der Waals surface area contributed by atoms with E-state index in [4.69, 9.17) is 4.52 Å². The summed E-state index contributed by atoms with van der Waals surface area (Å²) in [6, 6.07) is 5.23. The molecule has 0 radical (unpaired) electrons. The van der Waals surface area contributed by atoms with Gasteiger partial charge in [0.05, 0.1) is 4.90 Å². The predicted octanol–water partition coefficient (Wildman–Crippen LogP) is 4.98. The van der Waals surface area contributed by atoms with Gasteiger partial charge in [-0.1, -0.05) is 19.0 Å². The number of aryl methyl sites for hydroxylation is 1. The Morgan fingerprint density at radius 1 is 1.12 bits per heavy atom. The summed E-state index contributed by atoms with van der Waals surface area (Å²) in [5.74, 6) is -2.40. The van der Waals surface area contributed by atoms with Crippen LogP contribution in [-0.2, 0) is 16.3 Å². The molecule has 1 aromatic carbocycles. The number of rotatable bonds is 11. The van der Waals surface area contributed by atoms with E-state index in [2.05, 4.69) is 28.7 Å². The highest BCUT2D eigenvalue weighted by Crippen LogP contribution is 2.20. The van der Waals surface area contributed by atoms with Crippen LogP contribution in [0.25, 0.3) is 0 Å². The molecule has 0 amide bonds. The van der Waals surface area contributed by atoms with Crippen LogP contribution in [0, 0.1) is 0 Å². The van der Waals surface area contributed by atoms with Gasteiger partial charge in [-0.05, 0) is 44.0 Å². The minimum Gasteiger partial charge on any atom is -0.435 e. The molecular weight excluding hydrogens is 454 g/mol. The molecule has 32 heavy (non-hydrogen) atoms. The molecule has 2 aromatic rings. The molecule has 0 aliphatic rings. The molecule has 0 spiro atoms. The van der Waals surface area contributed by atoms with Crippen molar-refractivity contribution in [3.63, 3.8) is 0 Å². The molecule has 0 aliphatic carbocycles. The average molecular weight is 484 g/mol. The maximum absolute atomic E-state index is 12.7. The second kappa shape index (κ2) is 12.6. The first-order valence-electron chi connectivity index (χ1n) is 10.1. The van der Waals surface area contributed by atoms with Crippen LogP contribution in [0.2, 0.25) is 0 Å². The number of benzene rings is 1. The zero-order valence-corrected chi connectivity index (χ0v) is 19.3. The van der Waals surface area contributed by atoms with Crippen molar-refractivity contribution in [3.05, 3.63) is 30.1 Å². The van der Waals surface area contributed by atoms with E-state index in [1.165, 1.54) is 24.3 Å². The molecule has 0 aliphatic heterocycles. The van der Waals surface area contributed by atoms with Gasteiger partial charge >= 0.3 is 12.6 Å². The first-order chi connectivity index (χ1) is 14.9. The van der Waals surface area contributed by atoms with E-state index >= 15 is 0 Å². The lowest BCUT2D eigenvalue weighted by atomic mass is 10.2. The molecule has 7 nitrogen and oxygen atoms in total. The topological polar surface area (TPSA) is 85.5 Å². The largest absolute Gasteiger partial charge is 0.435 e. The molecule has 0 N–H and O–H groups in total. The van der Waals surface area contributed by atoms with Gasteiger partial charge in [0.15, 0.2) is 15.7 Å². The molecule has 1 heterocycles. The zero-order chi connectivity index (χ0) is 24.4. The van der Waals surface area contributed by atoms with Crippen molar-refractivity contribution < 1.29 is 35.2 Å². The first-order valence-corrected chi connectivity index (χ1v) is 11.9. The van der Waals surface area contributed by atoms with Gasteiger partial charge in [-0.2, -0.15) is 13.8 Å². The third kappa shape index (κ3) is 10.8. The first kappa shape index (κ1) is 27.7. The summed E-state index contributed by atoms with van der Waals surface area (Å²) in [4.78, 5) is 6.22. The summed E-state index contributed by atoms with van der Waals surface area (Å²) in [5.41, 5.74) is 0. The quantitative estimate of drug-likeness (QED) is 0.417. The van der Waals surface area contributed by atoms with Gasteiger partial charge in [0.25, 0.3) is 0 Å². The van der Waals surface area contributed by atoms with E-state index in [0.717, 1.165) is 39.1 Å². The minimum atomic E-state index is -3.29. The zero-order valence-electron chi connectivity index (χ0n) is 18.5. The van der Waals surface area contributed by atoms with Crippen LogP contribution in [0.15, 0.2) is 33.7 Å². The number of anilines is 1. The molecule has 0 bridgehead atoms. The summed E-state index contributed by atoms with van der Waals surface area (Å²) in [7, 11) is -3.29. The van der Waals surface area contributed by atoms with Crippen molar-refractivity contribution in [2.45, 2.75) is 63.9 Å². The maximum Gasteiger partial charge on any atom is 0.387 e. The Morgan fingerprint density at radius 2 is 1.69 bits per heavy atom. The second-order valence-electron chi connectivity index (χ2n) is 7.17. The summed E-state index contributed by atoms with van der Waals surface area (Å²) in [6.45, 7) is 3.79. The highest BCUT2D eigenvalue weighted by atomic mass is 32.2. The molecular formula is C20H29F4N3O4S. The maximum atomic E-state index is 12.7. The molecule has 12 heteroatoms. The number of hydrogen-bond donors (Lipinski definition) is 0. The molecule has 0 saturated carbocycles. The van der Waals surface area contributed by atoms with Gasteiger partial charge < -0.3 is 14.2 Å². The molecule has 1 aromatic heterocycles. The lowest BCUT2D eigenvalue weighted by molar-refractivity contribution is -0.0498. The predicted molar refractivity (Wildman–Crippen MR) is 112 cm³/mol. The summed E-state index contributed by atoms with van der Waals surface area (Å²) in [5, 5.41) is 3.74. The van der Waals surface area contributed by atoms with Crippen LogP contribution >= 0.6 is 0 Å². The van der Waals surface area contributed by atoms with Gasteiger partial charge in [0.1, 0.15) is 5.75 Å². The molecule has 0 saturated heterocycles. The van der Waals surface area contributed by atoms with Gasteiger partial charge in [-0.25, -0.2) is 17.2 Å². The van der Waals surface area contributed by atoms with Gasteiger partial charge in [0.2, 0.25) is 5.92 Å². The lowest BCUT2D eigenvalue weighted by Crippen LogP contribution is -2.25. The normalized spacial score (nSPS) is 11.8. The highest BCUT2D eigenvalue weighted by Gasteiger charge is 2.22. The lowest BCUT2D eigenvalue weighted by Gasteiger charge is -2.17.